The Morgan fingerprint density at radius 2 is 1.77 bits per heavy atom. The van der Waals surface area contributed by atoms with Crippen LogP contribution in [0.15, 0.2) is 48.5 Å². The predicted molar refractivity (Wildman–Crippen MR) is 105 cm³/mol. The highest BCUT2D eigenvalue weighted by molar-refractivity contribution is 6.36. The van der Waals surface area contributed by atoms with E-state index in [0.717, 1.165) is 22.6 Å². The first kappa shape index (κ1) is 18.3. The Morgan fingerprint density at radius 3 is 2.38 bits per heavy atom. The Bertz CT molecular complexity index is 1040. The maximum atomic E-state index is 13.2. The van der Waals surface area contributed by atoms with Crippen molar-refractivity contribution in [3.8, 4) is 11.8 Å². The molecule has 0 aliphatic carbocycles. The van der Waals surface area contributed by atoms with Crippen LogP contribution in [0.4, 0.5) is 4.39 Å². The van der Waals surface area contributed by atoms with Crippen molar-refractivity contribution in [2.24, 2.45) is 0 Å². The second kappa shape index (κ2) is 7.37. The fourth-order valence-electron chi connectivity index (χ4n) is 2.95. The van der Waals surface area contributed by atoms with E-state index in [1.54, 1.807) is 36.4 Å². The van der Waals surface area contributed by atoms with Gasteiger partial charge in [-0.1, -0.05) is 29.3 Å². The first-order chi connectivity index (χ1) is 12.4. The third kappa shape index (κ3) is 3.53. The van der Waals surface area contributed by atoms with E-state index < -0.39 is 0 Å². The minimum absolute atomic E-state index is 0.277. The van der Waals surface area contributed by atoms with Gasteiger partial charge < -0.3 is 4.57 Å². The van der Waals surface area contributed by atoms with Crippen LogP contribution in [0, 0.1) is 31.0 Å². The summed E-state index contributed by atoms with van der Waals surface area (Å²) in [5.74, 6) is -0.277. The molecular formula is C21H15Cl2FN2. The van der Waals surface area contributed by atoms with Gasteiger partial charge in [0.25, 0.3) is 0 Å². The number of aromatic nitrogens is 1. The fraction of sp³-hybridized carbons (Fsp3) is 0.0952. The second-order valence-electron chi connectivity index (χ2n) is 5.93. The zero-order chi connectivity index (χ0) is 18.8. The Balaban J connectivity index is 2.09. The molecule has 2 aromatic carbocycles. The molecule has 5 heteroatoms. The topological polar surface area (TPSA) is 28.7 Å². The van der Waals surface area contributed by atoms with E-state index in [9.17, 15) is 9.65 Å². The first-order valence-electron chi connectivity index (χ1n) is 7.93. The van der Waals surface area contributed by atoms with Crippen molar-refractivity contribution >= 4 is 34.9 Å². The van der Waals surface area contributed by atoms with E-state index in [4.69, 9.17) is 23.2 Å². The van der Waals surface area contributed by atoms with Gasteiger partial charge in [-0.25, -0.2) is 4.39 Å². The highest BCUT2D eigenvalue weighted by Crippen LogP contribution is 2.30. The van der Waals surface area contributed by atoms with Crippen molar-refractivity contribution in [1.29, 1.82) is 5.26 Å². The maximum Gasteiger partial charge on any atom is 0.123 e. The third-order valence-corrected chi connectivity index (χ3v) is 4.74. The van der Waals surface area contributed by atoms with Crippen LogP contribution in [-0.4, -0.2) is 4.57 Å². The average Bonchev–Trinajstić information content (AvgIpc) is 2.88. The van der Waals surface area contributed by atoms with Gasteiger partial charge in [0.2, 0.25) is 0 Å². The summed E-state index contributed by atoms with van der Waals surface area (Å²) in [5, 5.41) is 10.5. The summed E-state index contributed by atoms with van der Waals surface area (Å²) < 4.78 is 15.2. The van der Waals surface area contributed by atoms with Crippen LogP contribution in [0.2, 0.25) is 10.0 Å². The lowest BCUT2D eigenvalue weighted by Crippen LogP contribution is -1.99. The molecule has 130 valence electrons. The monoisotopic (exact) mass is 384 g/mol. The SMILES string of the molecule is Cc1cc(/C=C(/C#N)c2ccc(Cl)cc2Cl)c(C)n1-c1ccc(F)cc1. The van der Waals surface area contributed by atoms with Crippen LogP contribution in [0.25, 0.3) is 17.3 Å². The molecule has 2 nitrogen and oxygen atoms in total. The van der Waals surface area contributed by atoms with Crippen LogP contribution < -0.4 is 0 Å². The number of benzene rings is 2. The maximum absolute atomic E-state index is 13.2. The molecule has 26 heavy (non-hydrogen) atoms. The molecular weight excluding hydrogens is 370 g/mol. The number of halogens is 3. The average molecular weight is 385 g/mol. The molecule has 0 saturated heterocycles. The molecule has 1 heterocycles. The first-order valence-corrected chi connectivity index (χ1v) is 8.68. The lowest BCUT2D eigenvalue weighted by Gasteiger charge is -2.09. The molecule has 0 bridgehead atoms. The molecule has 0 unspecified atom stereocenters. The number of hydrogen-bond acceptors (Lipinski definition) is 1. The Labute approximate surface area is 161 Å². The lowest BCUT2D eigenvalue weighted by molar-refractivity contribution is 0.627. The summed E-state index contributed by atoms with van der Waals surface area (Å²) in [7, 11) is 0. The summed E-state index contributed by atoms with van der Waals surface area (Å²) in [6.07, 6.45) is 1.80. The Morgan fingerprint density at radius 1 is 1.08 bits per heavy atom. The van der Waals surface area contributed by atoms with Crippen molar-refractivity contribution in [1.82, 2.24) is 4.57 Å². The third-order valence-electron chi connectivity index (χ3n) is 4.20. The van der Waals surface area contributed by atoms with E-state index >= 15 is 0 Å². The lowest BCUT2D eigenvalue weighted by atomic mass is 10.0. The van der Waals surface area contributed by atoms with Gasteiger partial charge in [-0.2, -0.15) is 5.26 Å². The number of nitriles is 1. The summed E-state index contributed by atoms with van der Waals surface area (Å²) in [4.78, 5) is 0. The van der Waals surface area contributed by atoms with Crippen LogP contribution >= 0.6 is 23.2 Å². The highest BCUT2D eigenvalue weighted by atomic mass is 35.5. The molecule has 0 aliphatic heterocycles. The van der Waals surface area contributed by atoms with E-state index in [0.29, 0.717) is 21.2 Å². The number of aryl methyl sites for hydroxylation is 1. The molecule has 0 spiro atoms. The molecule has 0 fully saturated rings. The zero-order valence-electron chi connectivity index (χ0n) is 14.2. The summed E-state index contributed by atoms with van der Waals surface area (Å²) in [6.45, 7) is 3.93. The molecule has 0 N–H and O–H groups in total. The van der Waals surface area contributed by atoms with Crippen LogP contribution in [-0.2, 0) is 0 Å². The summed E-state index contributed by atoms with van der Waals surface area (Å²) in [6, 6.07) is 15.6. The van der Waals surface area contributed by atoms with Crippen LogP contribution in [0.5, 0.6) is 0 Å². The fourth-order valence-corrected chi connectivity index (χ4v) is 3.47. The molecule has 0 aliphatic rings. The number of nitrogens with zero attached hydrogens (tertiary/aromatic N) is 2. The van der Waals surface area contributed by atoms with Gasteiger partial charge in [0.1, 0.15) is 5.82 Å². The van der Waals surface area contributed by atoms with Crippen molar-refractivity contribution in [2.45, 2.75) is 13.8 Å². The molecule has 0 atom stereocenters. The molecule has 3 aromatic rings. The number of allylic oxidation sites excluding steroid dienone is 1. The standard InChI is InChI=1S/C21H15Cl2FN2/c1-13-9-15(14(2)26(13)19-6-4-18(24)5-7-19)10-16(12-25)20-8-3-17(22)11-21(20)23/h3-11H,1-2H3/b16-10-. The summed E-state index contributed by atoms with van der Waals surface area (Å²) in [5.41, 5.74) is 4.78. The highest BCUT2D eigenvalue weighted by Gasteiger charge is 2.12. The van der Waals surface area contributed by atoms with E-state index in [2.05, 4.69) is 6.07 Å². The van der Waals surface area contributed by atoms with Crippen molar-refractivity contribution in [3.05, 3.63) is 86.9 Å². The molecule has 0 saturated carbocycles. The zero-order valence-corrected chi connectivity index (χ0v) is 15.7. The normalized spacial score (nSPS) is 11.5. The minimum Gasteiger partial charge on any atom is -0.318 e. The van der Waals surface area contributed by atoms with Gasteiger partial charge in [0.15, 0.2) is 0 Å². The molecule has 3 rings (SSSR count). The second-order valence-corrected chi connectivity index (χ2v) is 6.78. The van der Waals surface area contributed by atoms with Crippen molar-refractivity contribution in [3.63, 3.8) is 0 Å². The largest absolute Gasteiger partial charge is 0.318 e. The van der Waals surface area contributed by atoms with Gasteiger partial charge in [-0.3, -0.25) is 0 Å². The predicted octanol–water partition coefficient (Wildman–Crippen LogP) is 6.60. The van der Waals surface area contributed by atoms with E-state index in [1.165, 1.54) is 12.1 Å². The number of hydrogen-bond donors (Lipinski definition) is 0. The molecule has 0 amide bonds. The Kier molecular flexibility index (Phi) is 5.18. The van der Waals surface area contributed by atoms with Crippen molar-refractivity contribution in [2.75, 3.05) is 0 Å². The van der Waals surface area contributed by atoms with Crippen molar-refractivity contribution < 1.29 is 4.39 Å². The smallest absolute Gasteiger partial charge is 0.123 e. The van der Waals surface area contributed by atoms with Crippen LogP contribution in [0.3, 0.4) is 0 Å². The summed E-state index contributed by atoms with van der Waals surface area (Å²) >= 11 is 12.2. The number of rotatable bonds is 3. The molecule has 1 aromatic heterocycles. The van der Waals surface area contributed by atoms with Gasteiger partial charge in [-0.05, 0) is 68.0 Å². The van der Waals surface area contributed by atoms with Gasteiger partial charge in [0.05, 0.1) is 16.7 Å². The Hall–Kier alpha value is -2.54. The molecule has 0 radical (unpaired) electrons. The van der Waals surface area contributed by atoms with Gasteiger partial charge >= 0.3 is 0 Å². The quantitative estimate of drug-likeness (QED) is 0.467. The van der Waals surface area contributed by atoms with Gasteiger partial charge in [0, 0.05) is 27.7 Å². The van der Waals surface area contributed by atoms with Gasteiger partial charge in [-0.15, -0.1) is 0 Å². The minimum atomic E-state index is -0.277. The van der Waals surface area contributed by atoms with E-state index in [-0.39, 0.29) is 5.82 Å². The van der Waals surface area contributed by atoms with Crippen LogP contribution in [0.1, 0.15) is 22.5 Å². The van der Waals surface area contributed by atoms with E-state index in [1.807, 2.05) is 24.5 Å².